The van der Waals surface area contributed by atoms with E-state index >= 15 is 0 Å². The third kappa shape index (κ3) is 3.58. The second-order valence-electron chi connectivity index (χ2n) is 5.22. The van der Waals surface area contributed by atoms with Crippen molar-refractivity contribution in [3.05, 3.63) is 29.1 Å². The zero-order valence-electron chi connectivity index (χ0n) is 11.9. The molecule has 0 saturated heterocycles. The van der Waals surface area contributed by atoms with E-state index in [1.54, 1.807) is 19.1 Å². The van der Waals surface area contributed by atoms with Crippen LogP contribution in [-0.4, -0.2) is 28.8 Å². The molecule has 0 unspecified atom stereocenters. The Morgan fingerprint density at radius 3 is 2.70 bits per heavy atom. The van der Waals surface area contributed by atoms with Gasteiger partial charge >= 0.3 is 5.97 Å². The molecule has 1 aliphatic rings. The number of ether oxygens (including phenoxy) is 1. The number of hydrogen-bond acceptors (Lipinski definition) is 4. The number of esters is 1. The molecule has 2 rings (SSSR count). The summed E-state index contributed by atoms with van der Waals surface area (Å²) in [6.45, 7) is 1.80. The first kappa shape index (κ1) is 14.5. The van der Waals surface area contributed by atoms with E-state index in [2.05, 4.69) is 16.8 Å². The molecule has 0 atom stereocenters. The van der Waals surface area contributed by atoms with Gasteiger partial charge < -0.3 is 9.84 Å². The number of pyridine rings is 1. The maximum absolute atomic E-state index is 11.5. The normalized spacial score (nSPS) is 16.9. The van der Waals surface area contributed by atoms with Crippen molar-refractivity contribution in [1.82, 2.24) is 4.98 Å². The SMILES string of the molecule is COC(=O)c1cc(C)nc(C#CC2(O)CCCCC2)c1. The average Bonchev–Trinajstić information content (AvgIpc) is 2.45. The van der Waals surface area contributed by atoms with Gasteiger partial charge in [-0.1, -0.05) is 12.3 Å². The molecule has 1 fully saturated rings. The first-order valence-corrected chi connectivity index (χ1v) is 6.85. The molecule has 0 radical (unpaired) electrons. The van der Waals surface area contributed by atoms with Gasteiger partial charge in [-0.15, -0.1) is 0 Å². The highest BCUT2D eigenvalue weighted by molar-refractivity contribution is 5.89. The van der Waals surface area contributed by atoms with Gasteiger partial charge in [-0.3, -0.25) is 0 Å². The molecule has 4 nitrogen and oxygen atoms in total. The van der Waals surface area contributed by atoms with E-state index in [1.807, 2.05) is 0 Å². The summed E-state index contributed by atoms with van der Waals surface area (Å²) >= 11 is 0. The lowest BCUT2D eigenvalue weighted by Gasteiger charge is -2.26. The summed E-state index contributed by atoms with van der Waals surface area (Å²) in [5, 5.41) is 10.3. The fourth-order valence-electron chi connectivity index (χ4n) is 2.41. The van der Waals surface area contributed by atoms with Gasteiger partial charge in [-0.2, -0.15) is 0 Å². The maximum atomic E-state index is 11.5. The van der Waals surface area contributed by atoms with E-state index in [-0.39, 0.29) is 0 Å². The topological polar surface area (TPSA) is 59.4 Å². The molecule has 0 spiro atoms. The molecule has 4 heteroatoms. The second-order valence-corrected chi connectivity index (χ2v) is 5.22. The molecule has 1 N–H and O–H groups in total. The van der Waals surface area contributed by atoms with Crippen LogP contribution in [0.4, 0.5) is 0 Å². The van der Waals surface area contributed by atoms with Crippen molar-refractivity contribution in [2.75, 3.05) is 7.11 Å². The van der Waals surface area contributed by atoms with E-state index in [0.29, 0.717) is 29.8 Å². The van der Waals surface area contributed by atoms with Crippen LogP contribution in [0.3, 0.4) is 0 Å². The minimum Gasteiger partial charge on any atom is -0.465 e. The van der Waals surface area contributed by atoms with Crippen LogP contribution in [0.25, 0.3) is 0 Å². The number of aromatic nitrogens is 1. The molecule has 20 heavy (non-hydrogen) atoms. The van der Waals surface area contributed by atoms with Crippen LogP contribution in [-0.2, 0) is 4.74 Å². The number of carbonyl (C=O) groups is 1. The predicted molar refractivity (Wildman–Crippen MR) is 75.2 cm³/mol. The van der Waals surface area contributed by atoms with Crippen molar-refractivity contribution in [2.24, 2.45) is 0 Å². The van der Waals surface area contributed by atoms with E-state index in [1.165, 1.54) is 7.11 Å². The van der Waals surface area contributed by atoms with Crippen molar-refractivity contribution in [3.8, 4) is 11.8 Å². The summed E-state index contributed by atoms with van der Waals surface area (Å²) in [5.74, 6) is 5.41. The van der Waals surface area contributed by atoms with Crippen LogP contribution < -0.4 is 0 Å². The number of rotatable bonds is 1. The highest BCUT2D eigenvalue weighted by Crippen LogP contribution is 2.27. The molecule has 0 aromatic carbocycles. The van der Waals surface area contributed by atoms with E-state index in [0.717, 1.165) is 19.3 Å². The number of nitrogens with zero attached hydrogens (tertiary/aromatic N) is 1. The summed E-state index contributed by atoms with van der Waals surface area (Å²) in [6, 6.07) is 3.25. The molecule has 0 bridgehead atoms. The Hall–Kier alpha value is -1.86. The van der Waals surface area contributed by atoms with Gasteiger partial charge in [0.05, 0.1) is 12.7 Å². The molecule has 1 aromatic rings. The van der Waals surface area contributed by atoms with Crippen LogP contribution in [0.2, 0.25) is 0 Å². The number of aryl methyl sites for hydroxylation is 1. The summed E-state index contributed by atoms with van der Waals surface area (Å²) in [7, 11) is 1.34. The van der Waals surface area contributed by atoms with Crippen molar-refractivity contribution in [3.63, 3.8) is 0 Å². The Labute approximate surface area is 119 Å². The van der Waals surface area contributed by atoms with Gasteiger partial charge in [0, 0.05) is 5.69 Å². The molecule has 1 saturated carbocycles. The van der Waals surface area contributed by atoms with Gasteiger partial charge in [0.25, 0.3) is 0 Å². The maximum Gasteiger partial charge on any atom is 0.338 e. The lowest BCUT2D eigenvalue weighted by Crippen LogP contribution is -2.29. The predicted octanol–water partition coefficient (Wildman–Crippen LogP) is 2.22. The molecule has 106 valence electrons. The van der Waals surface area contributed by atoms with Crippen molar-refractivity contribution < 1.29 is 14.6 Å². The molecule has 1 heterocycles. The number of methoxy groups -OCH3 is 1. The van der Waals surface area contributed by atoms with Crippen LogP contribution in [0.1, 0.15) is 53.8 Å². The summed E-state index contributed by atoms with van der Waals surface area (Å²) < 4.78 is 4.70. The highest BCUT2D eigenvalue weighted by atomic mass is 16.5. The second kappa shape index (κ2) is 6.06. The Kier molecular flexibility index (Phi) is 4.41. The lowest BCUT2D eigenvalue weighted by molar-refractivity contribution is 0.0598. The first-order valence-electron chi connectivity index (χ1n) is 6.85. The molecular formula is C16H19NO3. The average molecular weight is 273 g/mol. The quantitative estimate of drug-likeness (QED) is 0.629. The molecule has 1 aliphatic carbocycles. The van der Waals surface area contributed by atoms with Crippen molar-refractivity contribution in [1.29, 1.82) is 0 Å². The first-order chi connectivity index (χ1) is 9.52. The van der Waals surface area contributed by atoms with Crippen LogP contribution >= 0.6 is 0 Å². The Bertz CT molecular complexity index is 563. The van der Waals surface area contributed by atoms with E-state index in [9.17, 15) is 9.90 Å². The zero-order valence-corrected chi connectivity index (χ0v) is 11.9. The third-order valence-corrected chi connectivity index (χ3v) is 3.48. The molecule has 1 aromatic heterocycles. The van der Waals surface area contributed by atoms with E-state index in [4.69, 9.17) is 4.74 Å². The molecule has 0 amide bonds. The standard InChI is InChI=1S/C16H19NO3/c1-12-10-13(15(18)20-2)11-14(17-12)6-9-16(19)7-4-3-5-8-16/h10-11,19H,3-5,7-8H2,1-2H3. The van der Waals surface area contributed by atoms with Crippen LogP contribution in [0.15, 0.2) is 12.1 Å². The van der Waals surface area contributed by atoms with Gasteiger partial charge in [0.2, 0.25) is 0 Å². The fraction of sp³-hybridized carbons (Fsp3) is 0.500. The smallest absolute Gasteiger partial charge is 0.338 e. The zero-order chi connectivity index (χ0) is 14.6. The summed E-state index contributed by atoms with van der Waals surface area (Å²) in [5.41, 5.74) is 0.715. The Balaban J connectivity index is 2.25. The van der Waals surface area contributed by atoms with Gasteiger partial charge in [0.1, 0.15) is 11.3 Å². The monoisotopic (exact) mass is 273 g/mol. The summed E-state index contributed by atoms with van der Waals surface area (Å²) in [6.07, 6.45) is 4.56. The van der Waals surface area contributed by atoms with Crippen molar-refractivity contribution in [2.45, 2.75) is 44.6 Å². The minimum absolute atomic E-state index is 0.407. The van der Waals surface area contributed by atoms with Crippen LogP contribution in [0, 0.1) is 18.8 Å². The number of carbonyl (C=O) groups excluding carboxylic acids is 1. The van der Waals surface area contributed by atoms with Gasteiger partial charge in [0.15, 0.2) is 0 Å². The van der Waals surface area contributed by atoms with Crippen LogP contribution in [0.5, 0.6) is 0 Å². The lowest BCUT2D eigenvalue weighted by atomic mass is 9.85. The van der Waals surface area contributed by atoms with Gasteiger partial charge in [-0.05, 0) is 50.7 Å². The number of aliphatic hydroxyl groups is 1. The van der Waals surface area contributed by atoms with Crippen molar-refractivity contribution >= 4 is 5.97 Å². The Morgan fingerprint density at radius 2 is 2.05 bits per heavy atom. The molecular weight excluding hydrogens is 254 g/mol. The number of hydrogen-bond donors (Lipinski definition) is 1. The third-order valence-electron chi connectivity index (χ3n) is 3.48. The fourth-order valence-corrected chi connectivity index (χ4v) is 2.41. The largest absolute Gasteiger partial charge is 0.465 e. The molecule has 0 aliphatic heterocycles. The Morgan fingerprint density at radius 1 is 1.35 bits per heavy atom. The highest BCUT2D eigenvalue weighted by Gasteiger charge is 2.26. The minimum atomic E-state index is -0.908. The van der Waals surface area contributed by atoms with Gasteiger partial charge in [-0.25, -0.2) is 9.78 Å². The van der Waals surface area contributed by atoms with E-state index < -0.39 is 11.6 Å². The summed E-state index contributed by atoms with van der Waals surface area (Å²) in [4.78, 5) is 15.8.